The van der Waals surface area contributed by atoms with Crippen LogP contribution in [-0.4, -0.2) is 24.9 Å². The number of fused-ring (bicyclic) bond motifs is 3. The van der Waals surface area contributed by atoms with Gasteiger partial charge in [0.2, 0.25) is 6.23 Å². The molecule has 2 heterocycles. The highest BCUT2D eigenvalue weighted by atomic mass is 35.5. The first-order valence-corrected chi connectivity index (χ1v) is 10.6. The molecule has 3 aromatic rings. The highest BCUT2D eigenvalue weighted by Gasteiger charge is 2.41. The zero-order valence-electron chi connectivity index (χ0n) is 17.0. The molecule has 158 valence electrons. The molecular formula is C24H20Cl2N2O3. The van der Waals surface area contributed by atoms with Crippen molar-refractivity contribution in [2.45, 2.75) is 18.7 Å². The Morgan fingerprint density at radius 3 is 2.35 bits per heavy atom. The molecule has 0 spiro atoms. The Balaban J connectivity index is 1.59. The Labute approximate surface area is 190 Å². The van der Waals surface area contributed by atoms with Gasteiger partial charge in [0, 0.05) is 22.6 Å². The Bertz CT molecular complexity index is 1160. The lowest BCUT2D eigenvalue weighted by Crippen LogP contribution is -2.33. The topological polar surface area (TPSA) is 43.3 Å². The summed E-state index contributed by atoms with van der Waals surface area (Å²) in [6.07, 6.45) is 0.267. The minimum atomic E-state index is -0.466. The van der Waals surface area contributed by atoms with Gasteiger partial charge in [0.15, 0.2) is 0 Å². The quantitative estimate of drug-likeness (QED) is 0.466. The van der Waals surface area contributed by atoms with Crippen molar-refractivity contribution in [1.29, 1.82) is 0 Å². The van der Waals surface area contributed by atoms with E-state index in [2.05, 4.69) is 0 Å². The molecular weight excluding hydrogens is 435 g/mol. The number of methoxy groups -OCH3 is 2. The van der Waals surface area contributed by atoms with Crippen LogP contribution in [0.25, 0.3) is 0 Å². The van der Waals surface area contributed by atoms with Crippen molar-refractivity contribution in [2.75, 3.05) is 14.2 Å². The third kappa shape index (κ3) is 3.58. The summed E-state index contributed by atoms with van der Waals surface area (Å²) in [5.74, 6) is 2.39. The van der Waals surface area contributed by atoms with Crippen molar-refractivity contribution in [2.24, 2.45) is 5.10 Å². The highest BCUT2D eigenvalue weighted by molar-refractivity contribution is 6.35. The van der Waals surface area contributed by atoms with Gasteiger partial charge in [0.25, 0.3) is 0 Å². The standard InChI is InChI=1S/C24H20Cl2N2O3/c1-29-16-6-3-14(4-7-16)21-13-22-19-12-17(30-2)8-10-23(19)31-24(28(22)27-21)18-9-5-15(25)11-20(18)26/h3-12,22,24H,13H2,1-2H3. The maximum atomic E-state index is 6.54. The van der Waals surface area contributed by atoms with Crippen LogP contribution in [0, 0.1) is 0 Å². The van der Waals surface area contributed by atoms with E-state index < -0.39 is 6.23 Å². The summed E-state index contributed by atoms with van der Waals surface area (Å²) in [6, 6.07) is 19.2. The Hall–Kier alpha value is -2.89. The second-order valence-corrected chi connectivity index (χ2v) is 8.26. The fraction of sp³-hybridized carbons (Fsp3) is 0.208. The van der Waals surface area contributed by atoms with E-state index in [1.54, 1.807) is 20.3 Å². The SMILES string of the molecule is COc1ccc(C2=NN3C(C2)c2cc(OC)ccc2OC3c2ccc(Cl)cc2Cl)cc1. The number of halogens is 2. The van der Waals surface area contributed by atoms with E-state index in [1.165, 1.54) is 0 Å². The summed E-state index contributed by atoms with van der Waals surface area (Å²) in [5, 5.41) is 8.07. The van der Waals surface area contributed by atoms with Crippen LogP contribution in [0.15, 0.2) is 65.8 Å². The molecule has 31 heavy (non-hydrogen) atoms. The van der Waals surface area contributed by atoms with E-state index in [-0.39, 0.29) is 6.04 Å². The van der Waals surface area contributed by atoms with Gasteiger partial charge in [-0.15, -0.1) is 0 Å². The van der Waals surface area contributed by atoms with Gasteiger partial charge in [-0.25, -0.2) is 5.01 Å². The smallest absolute Gasteiger partial charge is 0.215 e. The number of hydrogen-bond donors (Lipinski definition) is 0. The lowest BCUT2D eigenvalue weighted by atomic mass is 9.95. The number of benzene rings is 3. The molecule has 2 atom stereocenters. The number of nitrogens with zero attached hydrogens (tertiary/aromatic N) is 2. The van der Waals surface area contributed by atoms with Crippen molar-refractivity contribution in [3.8, 4) is 17.2 Å². The van der Waals surface area contributed by atoms with Crippen molar-refractivity contribution in [3.63, 3.8) is 0 Å². The van der Waals surface area contributed by atoms with E-state index in [1.807, 2.05) is 59.6 Å². The molecule has 0 saturated heterocycles. The number of hydrogen-bond acceptors (Lipinski definition) is 5. The van der Waals surface area contributed by atoms with Crippen LogP contribution < -0.4 is 14.2 Å². The van der Waals surface area contributed by atoms with Crippen LogP contribution in [-0.2, 0) is 0 Å². The Morgan fingerprint density at radius 1 is 0.903 bits per heavy atom. The van der Waals surface area contributed by atoms with Gasteiger partial charge in [0.1, 0.15) is 17.2 Å². The van der Waals surface area contributed by atoms with Crippen molar-refractivity contribution < 1.29 is 14.2 Å². The predicted molar refractivity (Wildman–Crippen MR) is 122 cm³/mol. The largest absolute Gasteiger partial charge is 0.497 e. The van der Waals surface area contributed by atoms with Crippen LogP contribution in [0.4, 0.5) is 0 Å². The molecule has 0 N–H and O–H groups in total. The molecule has 3 aromatic carbocycles. The normalized spacial score (nSPS) is 19.2. The molecule has 0 radical (unpaired) electrons. The number of hydrazone groups is 1. The van der Waals surface area contributed by atoms with E-state index in [9.17, 15) is 0 Å². The fourth-order valence-corrected chi connectivity index (χ4v) is 4.56. The van der Waals surface area contributed by atoms with Gasteiger partial charge >= 0.3 is 0 Å². The first-order chi connectivity index (χ1) is 15.1. The first kappa shape index (κ1) is 20.0. The van der Waals surface area contributed by atoms with Gasteiger partial charge in [0.05, 0.1) is 31.0 Å². The van der Waals surface area contributed by atoms with Crippen LogP contribution >= 0.6 is 23.2 Å². The maximum absolute atomic E-state index is 6.54. The van der Waals surface area contributed by atoms with E-state index in [4.69, 9.17) is 42.5 Å². The zero-order valence-corrected chi connectivity index (χ0v) is 18.5. The lowest BCUT2D eigenvalue weighted by molar-refractivity contribution is -0.0190. The molecule has 2 aliphatic rings. The maximum Gasteiger partial charge on any atom is 0.215 e. The minimum absolute atomic E-state index is 0.00676. The molecule has 0 amide bonds. The molecule has 5 rings (SSSR count). The summed E-state index contributed by atoms with van der Waals surface area (Å²) < 4.78 is 17.1. The third-order valence-electron chi connectivity index (χ3n) is 5.65. The fourth-order valence-electron chi connectivity index (χ4n) is 4.06. The van der Waals surface area contributed by atoms with Gasteiger partial charge in [-0.2, -0.15) is 5.10 Å². The summed E-state index contributed by atoms with van der Waals surface area (Å²) in [5.41, 5.74) is 3.87. The van der Waals surface area contributed by atoms with E-state index in [0.717, 1.165) is 46.1 Å². The predicted octanol–water partition coefficient (Wildman–Crippen LogP) is 6.25. The number of rotatable bonds is 4. The van der Waals surface area contributed by atoms with Gasteiger partial charge in [-0.05, 0) is 60.2 Å². The number of ether oxygens (including phenoxy) is 3. The van der Waals surface area contributed by atoms with E-state index in [0.29, 0.717) is 10.0 Å². The first-order valence-electron chi connectivity index (χ1n) is 9.87. The Kier molecular flexibility index (Phi) is 5.16. The molecule has 0 saturated carbocycles. The summed E-state index contributed by atoms with van der Waals surface area (Å²) in [6.45, 7) is 0. The molecule has 5 nitrogen and oxygen atoms in total. The summed E-state index contributed by atoms with van der Waals surface area (Å²) in [7, 11) is 3.32. The second kappa shape index (κ2) is 7.98. The minimum Gasteiger partial charge on any atom is -0.497 e. The third-order valence-corrected chi connectivity index (χ3v) is 6.21. The van der Waals surface area contributed by atoms with Crippen LogP contribution in [0.2, 0.25) is 10.0 Å². The van der Waals surface area contributed by atoms with Gasteiger partial charge in [-0.1, -0.05) is 29.3 Å². The molecule has 0 aromatic heterocycles. The van der Waals surface area contributed by atoms with E-state index >= 15 is 0 Å². The van der Waals surface area contributed by atoms with Crippen molar-refractivity contribution >= 4 is 28.9 Å². The molecule has 0 bridgehead atoms. The Morgan fingerprint density at radius 2 is 1.65 bits per heavy atom. The van der Waals surface area contributed by atoms with Crippen molar-refractivity contribution in [1.82, 2.24) is 5.01 Å². The zero-order chi connectivity index (χ0) is 21.5. The van der Waals surface area contributed by atoms with Crippen molar-refractivity contribution in [3.05, 3.63) is 87.4 Å². The van der Waals surface area contributed by atoms with Gasteiger partial charge < -0.3 is 14.2 Å². The molecule has 2 aliphatic heterocycles. The van der Waals surface area contributed by atoms with Crippen LogP contribution in [0.3, 0.4) is 0 Å². The summed E-state index contributed by atoms with van der Waals surface area (Å²) >= 11 is 12.7. The molecule has 0 fully saturated rings. The highest BCUT2D eigenvalue weighted by Crippen LogP contribution is 2.49. The summed E-state index contributed by atoms with van der Waals surface area (Å²) in [4.78, 5) is 0. The molecule has 7 heteroatoms. The average molecular weight is 455 g/mol. The lowest BCUT2D eigenvalue weighted by Gasteiger charge is -2.38. The average Bonchev–Trinajstić information content (AvgIpc) is 3.24. The van der Waals surface area contributed by atoms with Gasteiger partial charge in [-0.3, -0.25) is 0 Å². The van der Waals surface area contributed by atoms with Crippen LogP contribution in [0.5, 0.6) is 17.2 Å². The molecule has 2 unspecified atom stereocenters. The molecule has 0 aliphatic carbocycles. The monoisotopic (exact) mass is 454 g/mol. The second-order valence-electron chi connectivity index (χ2n) is 7.41. The van der Waals surface area contributed by atoms with Crippen LogP contribution in [0.1, 0.15) is 35.4 Å².